The second-order valence-corrected chi connectivity index (χ2v) is 10.7. The Balaban J connectivity index is 1.22. The summed E-state index contributed by atoms with van der Waals surface area (Å²) < 4.78 is 17.5. The lowest BCUT2D eigenvalue weighted by molar-refractivity contribution is -0.242. The van der Waals surface area contributed by atoms with Crippen molar-refractivity contribution in [3.63, 3.8) is 0 Å². The van der Waals surface area contributed by atoms with E-state index >= 15 is 0 Å². The summed E-state index contributed by atoms with van der Waals surface area (Å²) in [6, 6.07) is 9.45. The quantitative estimate of drug-likeness (QED) is 0.157. The predicted molar refractivity (Wildman–Crippen MR) is 151 cm³/mol. The zero-order valence-corrected chi connectivity index (χ0v) is 23.1. The molecule has 0 aliphatic carbocycles. The van der Waals surface area contributed by atoms with Crippen LogP contribution in [0.2, 0.25) is 0 Å². The average molecular weight is 530 g/mol. The Morgan fingerprint density at radius 2 is 1.55 bits per heavy atom. The van der Waals surface area contributed by atoms with Crippen molar-refractivity contribution in [1.82, 2.24) is 5.32 Å². The maximum absolute atomic E-state index is 12.4. The number of hydrogen-bond acceptors (Lipinski definition) is 6. The van der Waals surface area contributed by atoms with E-state index in [0.717, 1.165) is 31.1 Å². The Hall–Kier alpha value is -1.71. The van der Waals surface area contributed by atoms with Gasteiger partial charge in [-0.15, -0.1) is 0 Å². The molecule has 0 saturated carbocycles. The van der Waals surface area contributed by atoms with E-state index in [9.17, 15) is 15.0 Å². The van der Waals surface area contributed by atoms with Crippen LogP contribution in [0.1, 0.15) is 96.8 Å². The van der Waals surface area contributed by atoms with Crippen molar-refractivity contribution < 1.29 is 29.1 Å². The highest BCUT2D eigenvalue weighted by atomic mass is 16.7. The van der Waals surface area contributed by atoms with Gasteiger partial charge < -0.3 is 29.6 Å². The van der Waals surface area contributed by atoms with Gasteiger partial charge in [0.05, 0.1) is 6.61 Å². The smallest absolute Gasteiger partial charge is 0.404 e. The Kier molecular flexibility index (Phi) is 14.4. The van der Waals surface area contributed by atoms with Crippen LogP contribution >= 0.6 is 0 Å². The minimum Gasteiger partial charge on any atom is -0.404 e. The number of nitrogens with one attached hydrogen (secondary N) is 1. The lowest BCUT2D eigenvalue weighted by Gasteiger charge is -2.46. The summed E-state index contributed by atoms with van der Waals surface area (Å²) in [6.07, 6.45) is 16.0. The first-order valence-electron chi connectivity index (χ1n) is 14.9. The summed E-state index contributed by atoms with van der Waals surface area (Å²) in [4.78, 5) is 12.4. The van der Waals surface area contributed by atoms with Crippen LogP contribution in [0.5, 0.6) is 0 Å². The predicted octanol–water partition coefficient (Wildman–Crippen LogP) is 4.40. The number of aliphatic hydroxyl groups excluding tert-OH is 2. The first-order chi connectivity index (χ1) is 18.6. The zero-order valence-electron chi connectivity index (χ0n) is 23.1. The van der Waals surface area contributed by atoms with Crippen LogP contribution in [-0.4, -0.2) is 60.5 Å². The lowest BCUT2D eigenvalue weighted by Crippen LogP contribution is -2.67. The molecule has 2 saturated heterocycles. The summed E-state index contributed by atoms with van der Waals surface area (Å²) >= 11 is 0. The van der Waals surface area contributed by atoms with E-state index in [0.29, 0.717) is 6.42 Å². The number of benzene rings is 1. The number of fused-ring (bicyclic) bond motifs is 1. The number of carbonyl (C=O) groups is 1. The highest BCUT2D eigenvalue weighted by Gasteiger charge is 2.50. The molecule has 7 nitrogen and oxygen atoms in total. The highest BCUT2D eigenvalue weighted by Crippen LogP contribution is 2.27. The first kappa shape index (κ1) is 30.8. The fourth-order valence-electron chi connectivity index (χ4n) is 5.10. The van der Waals surface area contributed by atoms with Crippen LogP contribution in [0.25, 0.3) is 0 Å². The van der Waals surface area contributed by atoms with E-state index in [-0.39, 0.29) is 12.5 Å². The largest absolute Gasteiger partial charge is 0.494 e. The number of rotatable bonds is 17. The molecule has 1 amide bonds. The fourth-order valence-corrected chi connectivity index (χ4v) is 5.10. The number of amides is 1. The van der Waals surface area contributed by atoms with E-state index in [4.69, 9.17) is 14.0 Å². The summed E-state index contributed by atoms with van der Waals surface area (Å²) in [5.74, 6) is -0.183. The van der Waals surface area contributed by atoms with Crippen molar-refractivity contribution in [2.24, 2.45) is 0 Å². The third-order valence-electron chi connectivity index (χ3n) is 7.42. The molecule has 0 bridgehead atoms. The van der Waals surface area contributed by atoms with Crippen LogP contribution in [0.15, 0.2) is 42.5 Å². The Morgan fingerprint density at radius 3 is 2.24 bits per heavy atom. The van der Waals surface area contributed by atoms with Crippen molar-refractivity contribution in [3.05, 3.63) is 42.5 Å². The van der Waals surface area contributed by atoms with Crippen LogP contribution in [0, 0.1) is 0 Å². The van der Waals surface area contributed by atoms with Crippen LogP contribution in [0.4, 0.5) is 0 Å². The molecule has 5 atom stereocenters. The molecule has 2 aliphatic rings. The van der Waals surface area contributed by atoms with Crippen LogP contribution in [0.3, 0.4) is 0 Å². The van der Waals surface area contributed by atoms with Crippen molar-refractivity contribution in [1.29, 1.82) is 0 Å². The van der Waals surface area contributed by atoms with E-state index in [1.54, 1.807) is 0 Å². The Labute approximate surface area is 229 Å². The second-order valence-electron chi connectivity index (χ2n) is 10.7. The van der Waals surface area contributed by atoms with Gasteiger partial charge in [-0.05, 0) is 37.6 Å². The number of aliphatic hydroxyl groups is 2. The standard InChI is InChI=1S/C30H48BNO6/c1-2-3-4-5-6-7-8-9-10-11-12-13-14-15-19-22-26(33)32-30-28(35)27(34)29-25(37-30)23-36-31(38-29)24-20-17-16-18-21-24/h9-10,16-18,20-21,25,27-30,34-35H,2-8,11-15,19,22-23H2,1H3,(H,32,33)/b10-9-/t25-,27-,28-,29-,30-/m1/s1. The number of allylic oxidation sites excluding steroid dienone is 2. The molecule has 3 N–H and O–H groups in total. The summed E-state index contributed by atoms with van der Waals surface area (Å²) in [6.45, 7) is 2.46. The number of carbonyl (C=O) groups excluding carboxylic acids is 1. The molecule has 1 aromatic carbocycles. The molecule has 2 fully saturated rings. The molecule has 3 rings (SSSR count). The molecular formula is C30H48BNO6. The first-order valence-corrected chi connectivity index (χ1v) is 14.9. The van der Waals surface area contributed by atoms with Gasteiger partial charge in [-0.2, -0.15) is 0 Å². The van der Waals surface area contributed by atoms with Gasteiger partial charge in [0.1, 0.15) is 24.4 Å². The highest BCUT2D eigenvalue weighted by molar-refractivity contribution is 6.61. The number of ether oxygens (including phenoxy) is 1. The van der Waals surface area contributed by atoms with E-state index in [1.165, 1.54) is 57.8 Å². The third-order valence-corrected chi connectivity index (χ3v) is 7.42. The molecule has 2 aliphatic heterocycles. The van der Waals surface area contributed by atoms with E-state index in [1.807, 2.05) is 30.3 Å². The average Bonchev–Trinajstić information content (AvgIpc) is 2.94. The summed E-state index contributed by atoms with van der Waals surface area (Å²) in [7, 11) is -0.629. The minimum absolute atomic E-state index is 0.183. The fraction of sp³-hybridized carbons (Fsp3) is 0.700. The van der Waals surface area contributed by atoms with Crippen molar-refractivity contribution in [3.8, 4) is 0 Å². The molecule has 38 heavy (non-hydrogen) atoms. The van der Waals surface area contributed by atoms with E-state index < -0.39 is 37.8 Å². The van der Waals surface area contributed by atoms with Crippen molar-refractivity contribution in [2.75, 3.05) is 6.61 Å². The lowest BCUT2D eigenvalue weighted by atomic mass is 9.76. The van der Waals surface area contributed by atoms with Gasteiger partial charge in [-0.25, -0.2) is 0 Å². The van der Waals surface area contributed by atoms with Crippen LogP contribution in [-0.2, 0) is 18.8 Å². The zero-order chi connectivity index (χ0) is 27.0. The molecule has 0 spiro atoms. The van der Waals surface area contributed by atoms with Crippen LogP contribution < -0.4 is 10.8 Å². The molecule has 0 aromatic heterocycles. The molecular weight excluding hydrogens is 481 g/mol. The minimum atomic E-state index is -1.27. The van der Waals surface area contributed by atoms with Crippen molar-refractivity contribution >= 4 is 18.5 Å². The molecule has 212 valence electrons. The molecule has 1 aromatic rings. The van der Waals surface area contributed by atoms with Crippen molar-refractivity contribution in [2.45, 2.75) is 127 Å². The normalized spacial score (nSPS) is 25.4. The molecule has 8 heteroatoms. The van der Waals surface area contributed by atoms with Gasteiger partial charge in [0.15, 0.2) is 6.23 Å². The monoisotopic (exact) mass is 529 g/mol. The molecule has 2 heterocycles. The Morgan fingerprint density at radius 1 is 0.921 bits per heavy atom. The van der Waals surface area contributed by atoms with Gasteiger partial charge in [-0.3, -0.25) is 4.79 Å². The van der Waals surface area contributed by atoms with Gasteiger partial charge in [-0.1, -0.05) is 101 Å². The molecule has 0 radical (unpaired) electrons. The maximum Gasteiger partial charge on any atom is 0.494 e. The number of unbranched alkanes of at least 4 members (excludes halogenated alkanes) is 11. The molecule has 0 unspecified atom stereocenters. The van der Waals surface area contributed by atoms with Gasteiger partial charge >= 0.3 is 7.12 Å². The second kappa shape index (κ2) is 17.8. The van der Waals surface area contributed by atoms with Gasteiger partial charge in [0.2, 0.25) is 5.91 Å². The SMILES string of the molecule is CCCCCCCC/C=C\CCCCCCCC(=O)N[C@@H]1O[C@@H]2COB(c3ccccc3)O[C@H]2[C@H](O)[C@H]1O. The summed E-state index contributed by atoms with van der Waals surface area (Å²) in [5, 5.41) is 24.0. The number of hydrogen-bond donors (Lipinski definition) is 3. The Bertz CT molecular complexity index is 807. The van der Waals surface area contributed by atoms with Gasteiger partial charge in [0.25, 0.3) is 0 Å². The van der Waals surface area contributed by atoms with Gasteiger partial charge in [0, 0.05) is 6.42 Å². The topological polar surface area (TPSA) is 97.3 Å². The third kappa shape index (κ3) is 10.5. The summed E-state index contributed by atoms with van der Waals surface area (Å²) in [5.41, 5.74) is 0.836. The van der Waals surface area contributed by atoms with E-state index in [2.05, 4.69) is 24.4 Å². The maximum atomic E-state index is 12.4.